The first-order valence-electron chi connectivity index (χ1n) is 5.95. The molecule has 0 fully saturated rings. The van der Waals surface area contributed by atoms with Crippen molar-refractivity contribution in [2.75, 3.05) is 0 Å². The van der Waals surface area contributed by atoms with E-state index in [1.54, 1.807) is 41.8 Å². The van der Waals surface area contributed by atoms with Crippen molar-refractivity contribution in [3.8, 4) is 0 Å². The number of amides is 1. The molecule has 0 radical (unpaired) electrons. The molecule has 0 atom stereocenters. The number of benzene rings is 1. The van der Waals surface area contributed by atoms with Crippen LogP contribution in [0.1, 0.15) is 15.2 Å². The first-order chi connectivity index (χ1) is 10.2. The fraction of sp³-hybridized carbons (Fsp3) is 0. The monoisotopic (exact) mass is 301 g/mol. The minimum Gasteiger partial charge on any atom is -0.266 e. The number of carbonyl (C=O) groups is 1. The summed E-state index contributed by atoms with van der Waals surface area (Å²) in [5, 5.41) is 16.4. The summed E-state index contributed by atoms with van der Waals surface area (Å²) in [6, 6.07) is 9.84. The Morgan fingerprint density at radius 3 is 2.81 bits per heavy atom. The second kappa shape index (κ2) is 7.11. The number of nitro benzene ring substituents is 1. The maximum absolute atomic E-state index is 11.6. The number of hydrogen-bond donors (Lipinski definition) is 1. The third-order valence-electron chi connectivity index (χ3n) is 2.48. The zero-order chi connectivity index (χ0) is 15.1. The molecule has 106 valence electrons. The number of nitrogens with one attached hydrogen (secondary N) is 1. The Bertz CT molecular complexity index is 693. The Morgan fingerprint density at radius 1 is 1.29 bits per heavy atom. The molecule has 1 heterocycles. The van der Waals surface area contributed by atoms with Crippen molar-refractivity contribution < 1.29 is 9.72 Å². The summed E-state index contributed by atoms with van der Waals surface area (Å²) in [5.41, 5.74) is 2.85. The second-order valence-electron chi connectivity index (χ2n) is 3.87. The molecule has 0 spiro atoms. The van der Waals surface area contributed by atoms with Gasteiger partial charge in [0.1, 0.15) is 0 Å². The fourth-order valence-electron chi connectivity index (χ4n) is 1.54. The molecule has 0 bridgehead atoms. The van der Waals surface area contributed by atoms with E-state index in [4.69, 9.17) is 0 Å². The standard InChI is InChI=1S/C14H11N3O3S/c18-14(13-8-4-10-21-13)16-15-9-3-6-11-5-1-2-7-12(11)17(19)20/h1-10H,(H,16,18)/b6-3-,15-9?. The van der Waals surface area contributed by atoms with Crippen molar-refractivity contribution in [1.82, 2.24) is 5.43 Å². The van der Waals surface area contributed by atoms with Gasteiger partial charge in [0.05, 0.1) is 15.4 Å². The van der Waals surface area contributed by atoms with Crippen molar-refractivity contribution >= 4 is 35.2 Å². The number of nitro groups is 1. The van der Waals surface area contributed by atoms with Crippen LogP contribution in [0.3, 0.4) is 0 Å². The van der Waals surface area contributed by atoms with Gasteiger partial charge in [-0.1, -0.05) is 18.2 Å². The van der Waals surface area contributed by atoms with Crippen LogP contribution in [0, 0.1) is 10.1 Å². The maximum Gasteiger partial charge on any atom is 0.281 e. The molecule has 1 amide bonds. The fourth-order valence-corrected chi connectivity index (χ4v) is 2.16. The Morgan fingerprint density at radius 2 is 2.10 bits per heavy atom. The molecule has 0 unspecified atom stereocenters. The molecule has 1 N–H and O–H groups in total. The number of para-hydroxylation sites is 1. The van der Waals surface area contributed by atoms with Gasteiger partial charge in [-0.15, -0.1) is 11.3 Å². The topological polar surface area (TPSA) is 84.6 Å². The van der Waals surface area contributed by atoms with Crippen molar-refractivity contribution in [2.45, 2.75) is 0 Å². The first-order valence-corrected chi connectivity index (χ1v) is 6.83. The van der Waals surface area contributed by atoms with Gasteiger partial charge in [0.15, 0.2) is 0 Å². The lowest BCUT2D eigenvalue weighted by atomic mass is 10.2. The minimum absolute atomic E-state index is 0.0183. The van der Waals surface area contributed by atoms with Crippen molar-refractivity contribution in [3.05, 3.63) is 68.4 Å². The van der Waals surface area contributed by atoms with Crippen molar-refractivity contribution in [3.63, 3.8) is 0 Å². The van der Waals surface area contributed by atoms with E-state index >= 15 is 0 Å². The number of nitrogens with zero attached hydrogens (tertiary/aromatic N) is 2. The van der Waals surface area contributed by atoms with Gasteiger partial charge >= 0.3 is 0 Å². The summed E-state index contributed by atoms with van der Waals surface area (Å²) in [7, 11) is 0. The van der Waals surface area contributed by atoms with Gasteiger partial charge in [0.2, 0.25) is 0 Å². The highest BCUT2D eigenvalue weighted by Crippen LogP contribution is 2.18. The smallest absolute Gasteiger partial charge is 0.266 e. The Balaban J connectivity index is 1.95. The lowest BCUT2D eigenvalue weighted by Crippen LogP contribution is -2.15. The van der Waals surface area contributed by atoms with Gasteiger partial charge < -0.3 is 0 Å². The van der Waals surface area contributed by atoms with Gasteiger partial charge in [0, 0.05) is 12.3 Å². The predicted molar refractivity (Wildman–Crippen MR) is 82.4 cm³/mol. The summed E-state index contributed by atoms with van der Waals surface area (Å²) >= 11 is 1.32. The molecule has 1 aromatic carbocycles. The van der Waals surface area contributed by atoms with Crippen LogP contribution >= 0.6 is 11.3 Å². The highest BCUT2D eigenvalue weighted by molar-refractivity contribution is 7.12. The lowest BCUT2D eigenvalue weighted by Gasteiger charge is -1.95. The molecule has 2 aromatic rings. The lowest BCUT2D eigenvalue weighted by molar-refractivity contribution is -0.385. The van der Waals surface area contributed by atoms with Crippen LogP contribution in [0.5, 0.6) is 0 Å². The Labute approximate surface area is 124 Å². The molecule has 0 aliphatic rings. The Hall–Kier alpha value is -2.80. The average Bonchev–Trinajstić information content (AvgIpc) is 3.01. The zero-order valence-electron chi connectivity index (χ0n) is 10.8. The van der Waals surface area contributed by atoms with E-state index < -0.39 is 4.92 Å². The number of carbonyl (C=O) groups excluding carboxylic acids is 1. The van der Waals surface area contributed by atoms with Crippen molar-refractivity contribution in [1.29, 1.82) is 0 Å². The van der Waals surface area contributed by atoms with Gasteiger partial charge in [-0.3, -0.25) is 14.9 Å². The largest absolute Gasteiger partial charge is 0.281 e. The molecule has 2 rings (SSSR count). The number of rotatable bonds is 5. The SMILES string of the molecule is O=C(NN=C/C=C\c1ccccc1[N+](=O)[O-])c1cccs1. The van der Waals surface area contributed by atoms with E-state index in [0.29, 0.717) is 10.4 Å². The van der Waals surface area contributed by atoms with Crippen LogP contribution in [0.25, 0.3) is 6.08 Å². The minimum atomic E-state index is -0.449. The number of hydrogen-bond acceptors (Lipinski definition) is 5. The maximum atomic E-state index is 11.6. The van der Waals surface area contributed by atoms with E-state index in [1.807, 2.05) is 0 Å². The molecule has 0 saturated carbocycles. The highest BCUT2D eigenvalue weighted by atomic mass is 32.1. The third kappa shape index (κ3) is 4.08. The zero-order valence-corrected chi connectivity index (χ0v) is 11.6. The van der Waals surface area contributed by atoms with E-state index in [2.05, 4.69) is 10.5 Å². The average molecular weight is 301 g/mol. The molecule has 7 heteroatoms. The number of allylic oxidation sites excluding steroid dienone is 1. The van der Waals surface area contributed by atoms with Crippen LogP contribution in [0.4, 0.5) is 5.69 Å². The van der Waals surface area contributed by atoms with Gasteiger partial charge in [0.25, 0.3) is 11.6 Å². The van der Waals surface area contributed by atoms with E-state index in [-0.39, 0.29) is 11.6 Å². The van der Waals surface area contributed by atoms with Gasteiger partial charge in [-0.2, -0.15) is 5.10 Å². The highest BCUT2D eigenvalue weighted by Gasteiger charge is 2.08. The van der Waals surface area contributed by atoms with Gasteiger partial charge in [-0.25, -0.2) is 5.43 Å². The first kappa shape index (κ1) is 14.6. The summed E-state index contributed by atoms with van der Waals surface area (Å²) in [4.78, 5) is 22.5. The van der Waals surface area contributed by atoms with Gasteiger partial charge in [-0.05, 0) is 29.7 Å². The predicted octanol–water partition coefficient (Wildman–Crippen LogP) is 3.09. The van der Waals surface area contributed by atoms with Crippen LogP contribution in [-0.4, -0.2) is 17.0 Å². The molecule has 0 saturated heterocycles. The summed E-state index contributed by atoms with van der Waals surface area (Å²) in [6.45, 7) is 0. The molecule has 0 aliphatic carbocycles. The summed E-state index contributed by atoms with van der Waals surface area (Å²) in [5.74, 6) is -0.291. The molecular formula is C14H11N3O3S. The second-order valence-corrected chi connectivity index (χ2v) is 4.82. The molecule has 0 aliphatic heterocycles. The molecule has 21 heavy (non-hydrogen) atoms. The van der Waals surface area contributed by atoms with Crippen LogP contribution in [0.15, 0.2) is 53.0 Å². The number of thiophene rings is 1. The quantitative estimate of drug-likeness (QED) is 0.523. The van der Waals surface area contributed by atoms with Crippen LogP contribution in [-0.2, 0) is 0 Å². The third-order valence-corrected chi connectivity index (χ3v) is 3.35. The summed E-state index contributed by atoms with van der Waals surface area (Å²) in [6.07, 6.45) is 4.44. The number of hydrazone groups is 1. The van der Waals surface area contributed by atoms with E-state index in [1.165, 1.54) is 29.7 Å². The summed E-state index contributed by atoms with van der Waals surface area (Å²) < 4.78 is 0. The van der Waals surface area contributed by atoms with E-state index in [9.17, 15) is 14.9 Å². The van der Waals surface area contributed by atoms with E-state index in [0.717, 1.165) is 0 Å². The normalized spacial score (nSPS) is 11.0. The van der Waals surface area contributed by atoms with Crippen molar-refractivity contribution in [2.24, 2.45) is 5.10 Å². The van der Waals surface area contributed by atoms with Crippen LogP contribution < -0.4 is 5.43 Å². The molecule has 1 aromatic heterocycles. The Kier molecular flexibility index (Phi) is 4.94. The molecule has 6 nitrogen and oxygen atoms in total. The van der Waals surface area contributed by atoms with Crippen LogP contribution in [0.2, 0.25) is 0 Å². The molecular weight excluding hydrogens is 290 g/mol.